The highest BCUT2D eigenvalue weighted by Crippen LogP contribution is 2.37. The first-order chi connectivity index (χ1) is 21.3. The molecule has 44 heavy (non-hydrogen) atoms. The summed E-state index contributed by atoms with van der Waals surface area (Å²) in [5.41, 5.74) is 3.25. The second kappa shape index (κ2) is 14.7. The van der Waals surface area contributed by atoms with Gasteiger partial charge in [-0.1, -0.05) is 78.3 Å². The molecule has 3 amide bonds. The molecule has 3 N–H and O–H groups in total. The Morgan fingerprint density at radius 2 is 1.59 bits per heavy atom. The molecule has 4 aromatic carbocycles. The Balaban J connectivity index is 1.37. The zero-order valence-electron chi connectivity index (χ0n) is 23.5. The maximum atomic E-state index is 13.5. The van der Waals surface area contributed by atoms with Crippen molar-refractivity contribution >= 4 is 69.3 Å². The fourth-order valence-corrected chi connectivity index (χ4v) is 6.14. The number of hydrogen-bond donors (Lipinski definition) is 3. The molecule has 0 aliphatic rings. The third-order valence-electron chi connectivity index (χ3n) is 6.22. The summed E-state index contributed by atoms with van der Waals surface area (Å²) in [7, 11) is 0. The second-order valence-corrected chi connectivity index (χ2v) is 12.1. The van der Waals surface area contributed by atoms with Crippen LogP contribution in [0.3, 0.4) is 0 Å². The molecule has 1 atom stereocenters. The fourth-order valence-electron chi connectivity index (χ4n) is 4.17. The molecule has 0 saturated heterocycles. The van der Waals surface area contributed by atoms with E-state index < -0.39 is 17.1 Å². The number of aryl methyl sites for hydroxylation is 1. The van der Waals surface area contributed by atoms with Crippen LogP contribution < -0.4 is 16.0 Å². The van der Waals surface area contributed by atoms with Crippen LogP contribution in [-0.4, -0.2) is 22.7 Å². The van der Waals surface area contributed by atoms with Crippen molar-refractivity contribution in [3.05, 3.63) is 148 Å². The zero-order valence-corrected chi connectivity index (χ0v) is 25.9. The van der Waals surface area contributed by atoms with Crippen molar-refractivity contribution in [1.82, 2.24) is 10.3 Å². The summed E-state index contributed by atoms with van der Waals surface area (Å²) in [5.74, 6) is -1.15. The van der Waals surface area contributed by atoms with Gasteiger partial charge in [0.05, 0.1) is 5.69 Å². The van der Waals surface area contributed by atoms with E-state index >= 15 is 0 Å². The van der Waals surface area contributed by atoms with Crippen LogP contribution in [0.4, 0.5) is 10.8 Å². The van der Waals surface area contributed by atoms with Crippen LogP contribution in [0.15, 0.2) is 125 Å². The van der Waals surface area contributed by atoms with E-state index in [4.69, 9.17) is 11.6 Å². The number of nitrogens with one attached hydrogen (secondary N) is 3. The van der Waals surface area contributed by atoms with Crippen LogP contribution in [0, 0.1) is 6.92 Å². The first-order valence-electron chi connectivity index (χ1n) is 13.5. The minimum atomic E-state index is -0.574. The van der Waals surface area contributed by atoms with E-state index in [0.29, 0.717) is 27.0 Å². The van der Waals surface area contributed by atoms with E-state index in [-0.39, 0.29) is 11.6 Å². The number of aromatic nitrogens is 1. The van der Waals surface area contributed by atoms with Crippen LogP contribution in [0.25, 0.3) is 6.08 Å². The summed E-state index contributed by atoms with van der Waals surface area (Å²) in [6.07, 6.45) is 1.57. The first-order valence-corrected chi connectivity index (χ1v) is 15.7. The number of halogens is 1. The zero-order chi connectivity index (χ0) is 30.9. The number of carbonyl (C=O) groups is 3. The third kappa shape index (κ3) is 8.44. The molecule has 0 bridgehead atoms. The average Bonchev–Trinajstić information content (AvgIpc) is 3.44. The van der Waals surface area contributed by atoms with E-state index in [2.05, 4.69) is 20.9 Å². The monoisotopic (exact) mass is 638 g/mol. The lowest BCUT2D eigenvalue weighted by atomic mass is 10.1. The molecule has 0 aliphatic carbocycles. The molecule has 0 aliphatic heterocycles. The van der Waals surface area contributed by atoms with Gasteiger partial charge >= 0.3 is 0 Å². The number of nitrogens with zero attached hydrogens (tertiary/aromatic N) is 1. The number of benzene rings is 4. The van der Waals surface area contributed by atoms with Gasteiger partial charge in [-0.3, -0.25) is 14.4 Å². The van der Waals surface area contributed by atoms with Gasteiger partial charge in [-0.25, -0.2) is 4.98 Å². The van der Waals surface area contributed by atoms with E-state index in [0.717, 1.165) is 16.2 Å². The molecule has 1 heterocycles. The molecule has 0 radical (unpaired) electrons. The van der Waals surface area contributed by atoms with E-state index in [1.807, 2.05) is 54.8 Å². The maximum Gasteiger partial charge on any atom is 0.272 e. The number of rotatable bonds is 10. The van der Waals surface area contributed by atoms with Crippen LogP contribution in [0.1, 0.15) is 32.4 Å². The lowest BCUT2D eigenvalue weighted by molar-refractivity contribution is -0.116. The molecule has 0 saturated carbocycles. The van der Waals surface area contributed by atoms with Gasteiger partial charge in [0.15, 0.2) is 5.13 Å². The van der Waals surface area contributed by atoms with Gasteiger partial charge in [0.25, 0.3) is 11.8 Å². The van der Waals surface area contributed by atoms with Gasteiger partial charge in [0.1, 0.15) is 10.9 Å². The molecule has 5 rings (SSSR count). The third-order valence-corrected chi connectivity index (χ3v) is 8.58. The van der Waals surface area contributed by atoms with Gasteiger partial charge in [-0.2, -0.15) is 0 Å². The van der Waals surface area contributed by atoms with Crippen molar-refractivity contribution in [2.75, 3.05) is 10.6 Å². The average molecular weight is 639 g/mol. The Kier molecular flexibility index (Phi) is 10.2. The number of anilines is 2. The van der Waals surface area contributed by atoms with Crippen LogP contribution in [-0.2, 0) is 9.59 Å². The molecular weight excluding hydrogens is 612 g/mol. The maximum absolute atomic E-state index is 13.5. The number of amides is 3. The molecule has 7 nitrogen and oxygen atoms in total. The van der Waals surface area contributed by atoms with Gasteiger partial charge in [0, 0.05) is 26.5 Å². The highest BCUT2D eigenvalue weighted by atomic mass is 35.5. The molecule has 0 spiro atoms. The van der Waals surface area contributed by atoms with Gasteiger partial charge in [0.2, 0.25) is 5.91 Å². The van der Waals surface area contributed by atoms with E-state index in [1.54, 1.807) is 72.8 Å². The Hall–Kier alpha value is -4.70. The first kappa shape index (κ1) is 30.7. The summed E-state index contributed by atoms with van der Waals surface area (Å²) in [6, 6.07) is 32.3. The predicted molar refractivity (Wildman–Crippen MR) is 179 cm³/mol. The lowest BCUT2D eigenvalue weighted by Crippen LogP contribution is -2.30. The van der Waals surface area contributed by atoms with Crippen molar-refractivity contribution in [2.45, 2.75) is 17.1 Å². The minimum absolute atomic E-state index is 0.0412. The topological polar surface area (TPSA) is 100 Å². The Bertz CT molecular complexity index is 1810. The van der Waals surface area contributed by atoms with Crippen molar-refractivity contribution < 1.29 is 14.4 Å². The van der Waals surface area contributed by atoms with Crippen molar-refractivity contribution in [1.29, 1.82) is 0 Å². The highest BCUT2D eigenvalue weighted by molar-refractivity contribution is 8.00. The van der Waals surface area contributed by atoms with Crippen molar-refractivity contribution in [3.63, 3.8) is 0 Å². The van der Waals surface area contributed by atoms with E-state index in [9.17, 15) is 14.4 Å². The summed E-state index contributed by atoms with van der Waals surface area (Å²) >= 11 is 8.88. The van der Waals surface area contributed by atoms with Gasteiger partial charge in [-0.05, 0) is 66.6 Å². The summed E-state index contributed by atoms with van der Waals surface area (Å²) < 4.78 is 0. The van der Waals surface area contributed by atoms with Crippen LogP contribution in [0.5, 0.6) is 0 Å². The standard InChI is InChI=1S/C34H27ClN4O3S2/c1-22-21-43-34(36-22)39-33(42)30(24-11-4-2-5-12-24)44-28-17-9-16-27(20-28)37-32(41)29(19-23-10-8-15-26(35)18-23)38-31(40)25-13-6-3-7-14-25/h2-21,30H,1H3,(H,37,41)(H,38,40)(H,36,39,42)/b29-19-. The van der Waals surface area contributed by atoms with Crippen LogP contribution >= 0.6 is 34.7 Å². The highest BCUT2D eigenvalue weighted by Gasteiger charge is 2.23. The SMILES string of the molecule is Cc1csc(NC(=O)C(Sc2cccc(NC(=O)/C(=C/c3cccc(Cl)c3)NC(=O)c3ccccc3)c2)c2ccccc2)n1. The molecule has 5 aromatic rings. The van der Waals surface area contributed by atoms with Gasteiger partial charge in [-0.15, -0.1) is 23.1 Å². The molecular formula is C34H27ClN4O3S2. The molecule has 1 aromatic heterocycles. The summed E-state index contributed by atoms with van der Waals surface area (Å²) in [5, 5.41) is 10.9. The Morgan fingerprint density at radius 3 is 2.30 bits per heavy atom. The number of thiazole rings is 1. The minimum Gasteiger partial charge on any atom is -0.321 e. The fraction of sp³-hybridized carbons (Fsp3) is 0.0588. The Morgan fingerprint density at radius 1 is 0.864 bits per heavy atom. The predicted octanol–water partition coefficient (Wildman–Crippen LogP) is 7.99. The number of hydrogen-bond acceptors (Lipinski definition) is 6. The summed E-state index contributed by atoms with van der Waals surface area (Å²) in [6.45, 7) is 1.87. The molecule has 0 fully saturated rings. The van der Waals surface area contributed by atoms with E-state index in [1.165, 1.54) is 23.1 Å². The van der Waals surface area contributed by atoms with Crippen LogP contribution in [0.2, 0.25) is 5.02 Å². The molecule has 10 heteroatoms. The van der Waals surface area contributed by atoms with Crippen molar-refractivity contribution in [3.8, 4) is 0 Å². The quantitative estimate of drug-likeness (QED) is 0.106. The Labute approximate surface area is 268 Å². The molecule has 1 unspecified atom stereocenters. The van der Waals surface area contributed by atoms with Crippen molar-refractivity contribution in [2.24, 2.45) is 0 Å². The molecule has 220 valence electrons. The largest absolute Gasteiger partial charge is 0.321 e. The lowest BCUT2D eigenvalue weighted by Gasteiger charge is -2.17. The normalized spacial score (nSPS) is 11.8. The second-order valence-electron chi connectivity index (χ2n) is 9.61. The smallest absolute Gasteiger partial charge is 0.272 e. The number of carbonyl (C=O) groups excluding carboxylic acids is 3. The van der Waals surface area contributed by atoms with Gasteiger partial charge < -0.3 is 16.0 Å². The summed E-state index contributed by atoms with van der Waals surface area (Å²) in [4.78, 5) is 45.0. The number of thioether (sulfide) groups is 1.